The van der Waals surface area contributed by atoms with Gasteiger partial charge in [-0.05, 0) is 19.9 Å². The van der Waals surface area contributed by atoms with Crippen molar-refractivity contribution in [2.24, 2.45) is 5.41 Å². The Bertz CT molecular complexity index is 432. The molecule has 4 nitrogen and oxygen atoms in total. The van der Waals surface area contributed by atoms with Crippen LogP contribution in [0, 0.1) is 5.41 Å². The third-order valence-corrected chi connectivity index (χ3v) is 7.25. The summed E-state index contributed by atoms with van der Waals surface area (Å²) >= 11 is 4.43. The second-order valence-corrected chi connectivity index (χ2v) is 10.9. The second-order valence-electron chi connectivity index (χ2n) is 8.73. The van der Waals surface area contributed by atoms with Gasteiger partial charge in [0.25, 0.3) is 0 Å². The number of hydrogen-bond donors (Lipinski definition) is 2. The van der Waals surface area contributed by atoms with E-state index < -0.39 is 5.34 Å². The van der Waals surface area contributed by atoms with Crippen molar-refractivity contribution in [3.05, 3.63) is 0 Å². The van der Waals surface area contributed by atoms with Crippen LogP contribution in [-0.2, 0) is 4.79 Å². The molecule has 2 N–H and O–H groups in total. The maximum atomic E-state index is 13.5. The van der Waals surface area contributed by atoms with Gasteiger partial charge in [-0.3, -0.25) is 7.82 Å². The van der Waals surface area contributed by atoms with E-state index in [2.05, 4.69) is 92.0 Å². The molecule has 0 aromatic carbocycles. The Kier molecular flexibility index (Phi) is 16.3. The van der Waals surface area contributed by atoms with Crippen LogP contribution in [0.2, 0.25) is 6.82 Å². The highest BCUT2D eigenvalue weighted by molar-refractivity contribution is 14.1. The standard InChI is InChI=1S/C20H42B2I2N3O/c1-7-9-11-13-15-17-19(3,16-14-12-10-8-2)18(28)25-20(4,21-26-23)22(5)27(6)24/h26H,7-17H2,1-6H3,(H,25,28). The van der Waals surface area contributed by atoms with E-state index >= 15 is 0 Å². The molecule has 0 saturated carbocycles. The third kappa shape index (κ3) is 10.8. The van der Waals surface area contributed by atoms with Crippen LogP contribution < -0.4 is 8.76 Å². The molecule has 28 heavy (non-hydrogen) atoms. The lowest BCUT2D eigenvalue weighted by molar-refractivity contribution is -0.131. The van der Waals surface area contributed by atoms with Crippen LogP contribution in [0.4, 0.5) is 0 Å². The molecule has 0 rings (SSSR count). The average molecular weight is 616 g/mol. The van der Waals surface area contributed by atoms with Crippen LogP contribution in [0.15, 0.2) is 0 Å². The van der Waals surface area contributed by atoms with Gasteiger partial charge in [0.05, 0.1) is 0 Å². The Morgan fingerprint density at radius 2 is 1.46 bits per heavy atom. The van der Waals surface area contributed by atoms with E-state index in [9.17, 15) is 4.79 Å². The summed E-state index contributed by atoms with van der Waals surface area (Å²) < 4.78 is 5.26. The predicted molar refractivity (Wildman–Crippen MR) is 143 cm³/mol. The Labute approximate surface area is 204 Å². The van der Waals surface area contributed by atoms with Crippen molar-refractivity contribution in [2.45, 2.75) is 110 Å². The smallest absolute Gasteiger partial charge is 0.250 e. The zero-order valence-corrected chi connectivity index (χ0v) is 23.4. The number of rotatable bonds is 17. The van der Waals surface area contributed by atoms with Crippen molar-refractivity contribution < 1.29 is 4.79 Å². The summed E-state index contributed by atoms with van der Waals surface area (Å²) in [6, 6.07) is 0. The molecular weight excluding hydrogens is 574 g/mol. The largest absolute Gasteiger partial charge is 0.362 e. The summed E-state index contributed by atoms with van der Waals surface area (Å²) in [5.41, 5.74) is -0.288. The van der Waals surface area contributed by atoms with Gasteiger partial charge in [-0.1, -0.05) is 92.3 Å². The fourth-order valence-electron chi connectivity index (χ4n) is 3.55. The van der Waals surface area contributed by atoms with Gasteiger partial charge in [0.15, 0.2) is 0 Å². The number of hydrogen-bond acceptors (Lipinski definition) is 3. The molecule has 0 fully saturated rings. The normalized spacial score (nSPS) is 15.8. The van der Waals surface area contributed by atoms with E-state index in [0.717, 1.165) is 25.7 Å². The van der Waals surface area contributed by atoms with E-state index in [1.54, 1.807) is 0 Å². The first-order chi connectivity index (χ1) is 13.2. The quantitative estimate of drug-likeness (QED) is 0.0892. The van der Waals surface area contributed by atoms with Crippen LogP contribution in [0.5, 0.6) is 0 Å². The average Bonchev–Trinajstić information content (AvgIpc) is 2.64. The van der Waals surface area contributed by atoms with Crippen LogP contribution in [-0.4, -0.2) is 35.6 Å². The molecule has 0 aliphatic heterocycles. The van der Waals surface area contributed by atoms with Gasteiger partial charge in [0, 0.05) is 56.5 Å². The number of nitrogens with zero attached hydrogens (tertiary/aromatic N) is 1. The predicted octanol–water partition coefficient (Wildman–Crippen LogP) is 6.16. The number of amides is 1. The van der Waals surface area contributed by atoms with Crippen molar-refractivity contribution in [3.63, 3.8) is 0 Å². The highest BCUT2D eigenvalue weighted by Crippen LogP contribution is 2.33. The van der Waals surface area contributed by atoms with Crippen LogP contribution in [0.1, 0.15) is 98.3 Å². The lowest BCUT2D eigenvalue weighted by atomic mass is 9.37. The van der Waals surface area contributed by atoms with E-state index in [4.69, 9.17) is 0 Å². The molecule has 0 aliphatic rings. The number of halogens is 2. The SMILES string of the molecule is CCCCCCCC(C)(CCCCCC)C(=O)NC(C)([B]NI)B(C)N(C)I. The summed E-state index contributed by atoms with van der Waals surface area (Å²) in [6.07, 6.45) is 13.0. The molecule has 0 aromatic rings. The van der Waals surface area contributed by atoms with Crippen LogP contribution in [0.25, 0.3) is 0 Å². The fourth-order valence-corrected chi connectivity index (χ4v) is 4.78. The van der Waals surface area contributed by atoms with E-state index in [-0.39, 0.29) is 18.2 Å². The molecule has 0 bridgehead atoms. The van der Waals surface area contributed by atoms with Gasteiger partial charge in [-0.25, -0.2) is 0 Å². The Morgan fingerprint density at radius 3 is 1.89 bits per heavy atom. The number of carbonyl (C=O) groups is 1. The first-order valence-electron chi connectivity index (χ1n) is 11.1. The highest BCUT2D eigenvalue weighted by Gasteiger charge is 2.42. The van der Waals surface area contributed by atoms with Crippen molar-refractivity contribution in [2.75, 3.05) is 7.05 Å². The number of carbonyl (C=O) groups excluding carboxylic acids is 1. The van der Waals surface area contributed by atoms with Gasteiger partial charge in [0.1, 0.15) is 0 Å². The van der Waals surface area contributed by atoms with Gasteiger partial charge >= 0.3 is 0 Å². The molecule has 0 saturated heterocycles. The van der Waals surface area contributed by atoms with Crippen molar-refractivity contribution in [3.8, 4) is 0 Å². The van der Waals surface area contributed by atoms with Crippen molar-refractivity contribution in [1.82, 2.24) is 11.8 Å². The zero-order valence-electron chi connectivity index (χ0n) is 19.0. The first kappa shape index (κ1) is 29.0. The molecule has 1 amide bonds. The Hall–Kier alpha value is 0.980. The topological polar surface area (TPSA) is 44.4 Å². The van der Waals surface area contributed by atoms with Gasteiger partial charge in [0.2, 0.25) is 20.2 Å². The fraction of sp³-hybridized carbons (Fsp3) is 0.950. The maximum Gasteiger partial charge on any atom is 0.250 e. The highest BCUT2D eigenvalue weighted by atomic mass is 127. The van der Waals surface area contributed by atoms with E-state index in [0.29, 0.717) is 0 Å². The molecule has 0 spiro atoms. The summed E-state index contributed by atoms with van der Waals surface area (Å²) in [5, 5.41) is 2.97. The van der Waals surface area contributed by atoms with Gasteiger partial charge in [-0.15, -0.1) is 0 Å². The summed E-state index contributed by atoms with van der Waals surface area (Å²) in [5.74, 6) is 0.204. The summed E-state index contributed by atoms with van der Waals surface area (Å²) in [7, 11) is 4.05. The third-order valence-electron chi connectivity index (χ3n) is 6.10. The second kappa shape index (κ2) is 15.7. The molecular formula is C20H42B2I2N3O. The minimum atomic E-state index is -0.429. The molecule has 0 heterocycles. The Balaban J connectivity index is 5.16. The number of unbranched alkanes of at least 4 members (excludes halogenated alkanes) is 7. The van der Waals surface area contributed by atoms with Gasteiger partial charge in [-0.2, -0.15) is 0 Å². The van der Waals surface area contributed by atoms with Crippen molar-refractivity contribution >= 4 is 65.9 Å². The Morgan fingerprint density at radius 1 is 1.00 bits per heavy atom. The van der Waals surface area contributed by atoms with Gasteiger partial charge < -0.3 is 8.76 Å². The van der Waals surface area contributed by atoms with Crippen molar-refractivity contribution in [1.29, 1.82) is 0 Å². The first-order valence-corrected chi connectivity index (χ1v) is 13.1. The monoisotopic (exact) mass is 616 g/mol. The molecule has 1 radical (unpaired) electrons. The number of nitrogens with one attached hydrogen (secondary N) is 2. The lowest BCUT2D eigenvalue weighted by Crippen LogP contribution is -2.67. The molecule has 2 unspecified atom stereocenters. The van der Waals surface area contributed by atoms with Crippen LogP contribution in [0.3, 0.4) is 0 Å². The zero-order chi connectivity index (χ0) is 21.6. The van der Waals surface area contributed by atoms with E-state index in [1.165, 1.54) is 44.9 Å². The minimum Gasteiger partial charge on any atom is -0.362 e. The molecule has 0 aliphatic carbocycles. The van der Waals surface area contributed by atoms with E-state index in [1.807, 2.05) is 14.5 Å². The molecule has 163 valence electrons. The maximum absolute atomic E-state index is 13.5. The molecule has 0 aromatic heterocycles. The molecule has 8 heteroatoms. The summed E-state index contributed by atoms with van der Waals surface area (Å²) in [6.45, 7) is 11.1. The molecule has 2 atom stereocenters. The minimum absolute atomic E-state index is 0.174. The van der Waals surface area contributed by atoms with Crippen LogP contribution >= 0.6 is 45.7 Å². The summed E-state index contributed by atoms with van der Waals surface area (Å²) in [4.78, 5) is 13.5. The lowest BCUT2D eigenvalue weighted by Gasteiger charge is -2.39.